The number of carbonyl (C=O) groups is 2. The second kappa shape index (κ2) is 8.64. The number of nitrogens with zero attached hydrogens (tertiary/aromatic N) is 1. The van der Waals surface area contributed by atoms with Crippen LogP contribution in [0.4, 0.5) is 5.69 Å². The van der Waals surface area contributed by atoms with Crippen LogP contribution in [0.1, 0.15) is 12.5 Å². The van der Waals surface area contributed by atoms with E-state index in [1.165, 1.54) is 6.21 Å². The van der Waals surface area contributed by atoms with E-state index in [1.54, 1.807) is 24.3 Å². The van der Waals surface area contributed by atoms with Gasteiger partial charge in [0.05, 0.1) is 6.21 Å². The molecule has 0 bridgehead atoms. The first-order valence-electron chi connectivity index (χ1n) is 7.18. The zero-order chi connectivity index (χ0) is 17.4. The number of amides is 2. The van der Waals surface area contributed by atoms with Gasteiger partial charge in [-0.15, -0.1) is 0 Å². The van der Waals surface area contributed by atoms with Gasteiger partial charge in [0, 0.05) is 10.7 Å². The third-order valence-corrected chi connectivity index (χ3v) is 3.19. The second-order valence-corrected chi connectivity index (χ2v) is 5.40. The minimum absolute atomic E-state index is 0.476. The molecule has 122 valence electrons. The summed E-state index contributed by atoms with van der Waals surface area (Å²) in [6.45, 7) is 1.84. The molecular weight excluding hydrogens is 326 g/mol. The molecule has 0 unspecified atom stereocenters. The van der Waals surface area contributed by atoms with Crippen molar-refractivity contribution in [3.8, 4) is 0 Å². The van der Waals surface area contributed by atoms with Crippen LogP contribution in [-0.2, 0) is 9.59 Å². The summed E-state index contributed by atoms with van der Waals surface area (Å²) in [7, 11) is 0. The highest BCUT2D eigenvalue weighted by Crippen LogP contribution is 2.13. The first-order valence-corrected chi connectivity index (χ1v) is 7.56. The first-order chi connectivity index (χ1) is 11.5. The first kappa shape index (κ1) is 17.4. The average molecular weight is 342 g/mol. The predicted molar refractivity (Wildman–Crippen MR) is 96.8 cm³/mol. The lowest BCUT2D eigenvalue weighted by Gasteiger charge is -2.03. The normalized spacial score (nSPS) is 11.3. The monoisotopic (exact) mass is 341 g/mol. The van der Waals surface area contributed by atoms with Gasteiger partial charge in [-0.25, -0.2) is 5.43 Å². The molecule has 0 aliphatic carbocycles. The van der Waals surface area contributed by atoms with E-state index in [1.807, 2.05) is 43.3 Å². The SMILES string of the molecule is CC(=C/c1ccccc1)/C=N/NC(=O)C(=O)Nc1ccc(Cl)cc1. The molecule has 2 aromatic rings. The van der Waals surface area contributed by atoms with E-state index in [4.69, 9.17) is 11.6 Å². The van der Waals surface area contributed by atoms with Gasteiger partial charge in [-0.1, -0.05) is 48.0 Å². The van der Waals surface area contributed by atoms with Crippen molar-refractivity contribution >= 4 is 41.4 Å². The lowest BCUT2D eigenvalue weighted by Crippen LogP contribution is -2.32. The molecule has 2 N–H and O–H groups in total. The maximum Gasteiger partial charge on any atom is 0.329 e. The number of nitrogens with one attached hydrogen (secondary N) is 2. The summed E-state index contributed by atoms with van der Waals surface area (Å²) in [6.07, 6.45) is 3.38. The topological polar surface area (TPSA) is 70.6 Å². The van der Waals surface area contributed by atoms with Gasteiger partial charge in [0.1, 0.15) is 0 Å². The Morgan fingerprint density at radius 3 is 2.33 bits per heavy atom. The standard InChI is InChI=1S/C18H16ClN3O2/c1-13(11-14-5-3-2-4-6-14)12-20-22-18(24)17(23)21-16-9-7-15(19)8-10-16/h2-12H,1H3,(H,21,23)(H,22,24)/b13-11-,20-12+. The van der Waals surface area contributed by atoms with Gasteiger partial charge in [0.2, 0.25) is 0 Å². The van der Waals surface area contributed by atoms with Crippen molar-refractivity contribution in [3.05, 3.63) is 70.8 Å². The van der Waals surface area contributed by atoms with Crippen LogP contribution in [0.2, 0.25) is 5.02 Å². The van der Waals surface area contributed by atoms with Crippen molar-refractivity contribution in [2.45, 2.75) is 6.92 Å². The molecule has 0 aromatic heterocycles. The quantitative estimate of drug-likeness (QED) is 0.507. The maximum absolute atomic E-state index is 11.7. The molecule has 0 aliphatic heterocycles. The molecule has 5 nitrogen and oxygen atoms in total. The van der Waals surface area contributed by atoms with Crippen LogP contribution in [-0.4, -0.2) is 18.0 Å². The van der Waals surface area contributed by atoms with E-state index in [2.05, 4.69) is 15.8 Å². The summed E-state index contributed by atoms with van der Waals surface area (Å²) in [4.78, 5) is 23.4. The molecular formula is C18H16ClN3O2. The van der Waals surface area contributed by atoms with Crippen molar-refractivity contribution < 1.29 is 9.59 Å². The number of halogens is 1. The molecule has 2 aromatic carbocycles. The largest absolute Gasteiger partial charge is 0.329 e. The van der Waals surface area contributed by atoms with Crippen LogP contribution >= 0.6 is 11.6 Å². The summed E-state index contributed by atoms with van der Waals surface area (Å²) < 4.78 is 0. The van der Waals surface area contributed by atoms with E-state index in [-0.39, 0.29) is 0 Å². The summed E-state index contributed by atoms with van der Waals surface area (Å²) in [6, 6.07) is 16.1. The summed E-state index contributed by atoms with van der Waals surface area (Å²) >= 11 is 5.75. The maximum atomic E-state index is 11.7. The molecule has 0 heterocycles. The van der Waals surface area contributed by atoms with Crippen molar-refractivity contribution in [3.63, 3.8) is 0 Å². The fraction of sp³-hybridized carbons (Fsp3) is 0.0556. The summed E-state index contributed by atoms with van der Waals surface area (Å²) in [5, 5.41) is 6.76. The number of rotatable bonds is 4. The van der Waals surface area contributed by atoms with Gasteiger partial charge in [-0.05, 0) is 42.3 Å². The highest BCUT2D eigenvalue weighted by Gasteiger charge is 2.12. The summed E-state index contributed by atoms with van der Waals surface area (Å²) in [5.74, 6) is -1.66. The van der Waals surface area contributed by atoms with Crippen molar-refractivity contribution in [2.24, 2.45) is 5.10 Å². The third kappa shape index (κ3) is 5.70. The Morgan fingerprint density at radius 2 is 1.67 bits per heavy atom. The Kier molecular flexibility index (Phi) is 6.28. The Bertz CT molecular complexity index is 769. The molecule has 2 amide bonds. The molecule has 0 radical (unpaired) electrons. The highest BCUT2D eigenvalue weighted by atomic mass is 35.5. The van der Waals surface area contributed by atoms with Gasteiger partial charge in [0.25, 0.3) is 0 Å². The lowest BCUT2D eigenvalue weighted by molar-refractivity contribution is -0.136. The van der Waals surface area contributed by atoms with Gasteiger partial charge in [-0.2, -0.15) is 5.10 Å². The fourth-order valence-electron chi connectivity index (χ4n) is 1.81. The number of hydrazone groups is 1. The lowest BCUT2D eigenvalue weighted by atomic mass is 10.1. The van der Waals surface area contributed by atoms with E-state index >= 15 is 0 Å². The Labute approximate surface area is 145 Å². The van der Waals surface area contributed by atoms with Crippen LogP contribution < -0.4 is 10.7 Å². The van der Waals surface area contributed by atoms with E-state index in [0.717, 1.165) is 11.1 Å². The molecule has 0 atom stereocenters. The van der Waals surface area contributed by atoms with Crippen LogP contribution in [0.5, 0.6) is 0 Å². The zero-order valence-electron chi connectivity index (χ0n) is 13.0. The van der Waals surface area contributed by atoms with Crippen molar-refractivity contribution in [1.82, 2.24) is 5.43 Å². The average Bonchev–Trinajstić information content (AvgIpc) is 2.57. The van der Waals surface area contributed by atoms with Gasteiger partial charge in [0.15, 0.2) is 0 Å². The molecule has 0 aliphatic rings. The number of allylic oxidation sites excluding steroid dienone is 1. The van der Waals surface area contributed by atoms with Crippen molar-refractivity contribution in [1.29, 1.82) is 0 Å². The van der Waals surface area contributed by atoms with Gasteiger partial charge in [-0.3, -0.25) is 9.59 Å². The zero-order valence-corrected chi connectivity index (χ0v) is 13.7. The molecule has 0 saturated heterocycles. The Morgan fingerprint density at radius 1 is 1.00 bits per heavy atom. The predicted octanol–water partition coefficient (Wildman–Crippen LogP) is 3.48. The Balaban J connectivity index is 1.86. The van der Waals surface area contributed by atoms with E-state index < -0.39 is 11.8 Å². The second-order valence-electron chi connectivity index (χ2n) is 4.96. The number of carbonyl (C=O) groups excluding carboxylic acids is 2. The van der Waals surface area contributed by atoms with Crippen LogP contribution in [0.25, 0.3) is 6.08 Å². The number of hydrogen-bond acceptors (Lipinski definition) is 3. The number of hydrogen-bond donors (Lipinski definition) is 2. The molecule has 24 heavy (non-hydrogen) atoms. The highest BCUT2D eigenvalue weighted by molar-refractivity contribution is 6.39. The van der Waals surface area contributed by atoms with Gasteiger partial charge >= 0.3 is 11.8 Å². The Hall–Kier alpha value is -2.92. The number of benzene rings is 2. The van der Waals surface area contributed by atoms with Crippen LogP contribution in [0, 0.1) is 0 Å². The minimum atomic E-state index is -0.853. The molecule has 2 rings (SSSR count). The van der Waals surface area contributed by atoms with Crippen LogP contribution in [0.15, 0.2) is 65.3 Å². The third-order valence-electron chi connectivity index (χ3n) is 2.94. The molecule has 0 saturated carbocycles. The van der Waals surface area contributed by atoms with Gasteiger partial charge < -0.3 is 5.32 Å². The number of anilines is 1. The smallest absolute Gasteiger partial charge is 0.318 e. The molecule has 0 fully saturated rings. The van der Waals surface area contributed by atoms with Crippen LogP contribution in [0.3, 0.4) is 0 Å². The minimum Gasteiger partial charge on any atom is -0.318 e. The molecule has 0 spiro atoms. The molecule has 6 heteroatoms. The van der Waals surface area contributed by atoms with E-state index in [0.29, 0.717) is 10.7 Å². The van der Waals surface area contributed by atoms with Crippen molar-refractivity contribution in [2.75, 3.05) is 5.32 Å². The summed E-state index contributed by atoms with van der Waals surface area (Å²) in [5.41, 5.74) is 4.51. The fourth-order valence-corrected chi connectivity index (χ4v) is 1.94. The van der Waals surface area contributed by atoms with E-state index in [9.17, 15) is 9.59 Å².